The highest BCUT2D eigenvalue weighted by Gasteiger charge is 2.21. The molecule has 2 amide bonds. The van der Waals surface area contributed by atoms with Crippen LogP contribution in [0.3, 0.4) is 0 Å². The van der Waals surface area contributed by atoms with Gasteiger partial charge in [-0.2, -0.15) is 0 Å². The maximum absolute atomic E-state index is 12.0. The maximum Gasteiger partial charge on any atom is 0.239 e. The number of ether oxygens (including phenoxy) is 2. The predicted molar refractivity (Wildman–Crippen MR) is 98.7 cm³/mol. The molecule has 0 spiro atoms. The maximum atomic E-state index is 12.0. The molecule has 1 fully saturated rings. The van der Waals surface area contributed by atoms with Gasteiger partial charge in [0.05, 0.1) is 11.6 Å². The average molecular weight is 381 g/mol. The number of benzene rings is 1. The summed E-state index contributed by atoms with van der Waals surface area (Å²) in [6.45, 7) is 1.49. The fraction of sp³-hybridized carbons (Fsp3) is 0.579. The first-order chi connectivity index (χ1) is 12.6. The molecule has 2 N–H and O–H groups in total. The summed E-state index contributed by atoms with van der Waals surface area (Å²) in [6, 6.07) is 3.71. The van der Waals surface area contributed by atoms with Crippen LogP contribution in [0.5, 0.6) is 11.5 Å². The fourth-order valence-electron chi connectivity index (χ4n) is 3.39. The molecule has 142 valence electrons. The van der Waals surface area contributed by atoms with E-state index >= 15 is 0 Å². The van der Waals surface area contributed by atoms with Gasteiger partial charge in [-0.3, -0.25) is 9.59 Å². The van der Waals surface area contributed by atoms with E-state index in [1.807, 2.05) is 12.1 Å². The van der Waals surface area contributed by atoms with Crippen LogP contribution in [-0.4, -0.2) is 38.1 Å². The van der Waals surface area contributed by atoms with Crippen LogP contribution in [0.25, 0.3) is 0 Å². The average Bonchev–Trinajstić information content (AvgIpc) is 2.67. The number of nitrogens with one attached hydrogen (secondary N) is 2. The van der Waals surface area contributed by atoms with Crippen molar-refractivity contribution in [1.29, 1.82) is 0 Å². The summed E-state index contributed by atoms with van der Waals surface area (Å²) in [5.41, 5.74) is 0.964. The Bertz CT molecular complexity index is 659. The number of rotatable bonds is 6. The van der Waals surface area contributed by atoms with Crippen molar-refractivity contribution in [2.75, 3.05) is 26.3 Å². The molecule has 6 nitrogen and oxygen atoms in total. The Morgan fingerprint density at radius 3 is 2.65 bits per heavy atom. The van der Waals surface area contributed by atoms with Crippen molar-refractivity contribution < 1.29 is 19.1 Å². The zero-order chi connectivity index (χ0) is 18.4. The van der Waals surface area contributed by atoms with E-state index in [4.69, 9.17) is 21.1 Å². The van der Waals surface area contributed by atoms with Gasteiger partial charge in [-0.25, -0.2) is 0 Å². The molecule has 7 heteroatoms. The summed E-state index contributed by atoms with van der Waals surface area (Å²) >= 11 is 6.21. The van der Waals surface area contributed by atoms with E-state index in [9.17, 15) is 9.59 Å². The minimum absolute atomic E-state index is 0.00142. The van der Waals surface area contributed by atoms with Gasteiger partial charge in [-0.05, 0) is 37.0 Å². The fourth-order valence-corrected chi connectivity index (χ4v) is 3.68. The van der Waals surface area contributed by atoms with Gasteiger partial charge in [-0.1, -0.05) is 30.9 Å². The van der Waals surface area contributed by atoms with Gasteiger partial charge >= 0.3 is 0 Å². The van der Waals surface area contributed by atoms with E-state index < -0.39 is 0 Å². The highest BCUT2D eigenvalue weighted by atomic mass is 35.5. The molecular weight excluding hydrogens is 356 g/mol. The Labute approximate surface area is 158 Å². The predicted octanol–water partition coefficient (Wildman–Crippen LogP) is 2.47. The third-order valence-corrected chi connectivity index (χ3v) is 5.07. The molecule has 0 atom stereocenters. The van der Waals surface area contributed by atoms with Crippen LogP contribution < -0.4 is 20.1 Å². The summed E-state index contributed by atoms with van der Waals surface area (Å²) in [7, 11) is 0. The Hall–Kier alpha value is -1.95. The third-order valence-electron chi connectivity index (χ3n) is 4.79. The second-order valence-corrected chi connectivity index (χ2v) is 7.16. The molecule has 1 aliphatic heterocycles. The van der Waals surface area contributed by atoms with Crippen LogP contribution in [0.4, 0.5) is 0 Å². The lowest BCUT2D eigenvalue weighted by Crippen LogP contribution is -2.40. The minimum atomic E-state index is -0.183. The van der Waals surface area contributed by atoms with Crippen molar-refractivity contribution in [2.24, 2.45) is 5.92 Å². The molecule has 26 heavy (non-hydrogen) atoms. The molecule has 0 bridgehead atoms. The largest absolute Gasteiger partial charge is 0.486 e. The summed E-state index contributed by atoms with van der Waals surface area (Å²) in [4.78, 5) is 24.0. The number of hydrogen-bond acceptors (Lipinski definition) is 4. The molecule has 2 aliphatic rings. The van der Waals surface area contributed by atoms with Gasteiger partial charge in [0.25, 0.3) is 0 Å². The van der Waals surface area contributed by atoms with Crippen molar-refractivity contribution in [1.82, 2.24) is 10.6 Å². The van der Waals surface area contributed by atoms with Gasteiger partial charge in [0.1, 0.15) is 13.2 Å². The minimum Gasteiger partial charge on any atom is -0.486 e. The Balaban J connectivity index is 1.39. The lowest BCUT2D eigenvalue weighted by atomic mass is 9.89. The number of amides is 2. The van der Waals surface area contributed by atoms with Crippen molar-refractivity contribution in [3.05, 3.63) is 22.7 Å². The van der Waals surface area contributed by atoms with Crippen LogP contribution >= 0.6 is 11.6 Å². The highest BCUT2D eigenvalue weighted by Crippen LogP contribution is 2.38. The van der Waals surface area contributed by atoms with E-state index in [1.54, 1.807) is 0 Å². The summed E-state index contributed by atoms with van der Waals surface area (Å²) in [5.74, 6) is 1.11. The lowest BCUT2D eigenvalue weighted by molar-refractivity contribution is -0.129. The molecule has 1 saturated carbocycles. The first-order valence-corrected chi connectivity index (χ1v) is 9.63. The molecule has 0 unspecified atom stereocenters. The monoisotopic (exact) mass is 380 g/mol. The molecular formula is C19H25ClN2O4. The van der Waals surface area contributed by atoms with E-state index in [0.717, 1.165) is 31.2 Å². The van der Waals surface area contributed by atoms with Gasteiger partial charge in [0, 0.05) is 12.5 Å². The van der Waals surface area contributed by atoms with Crippen LogP contribution in [-0.2, 0) is 16.0 Å². The van der Waals surface area contributed by atoms with Crippen molar-refractivity contribution in [3.8, 4) is 11.5 Å². The molecule has 1 aromatic carbocycles. The van der Waals surface area contributed by atoms with Gasteiger partial charge < -0.3 is 20.1 Å². The van der Waals surface area contributed by atoms with Gasteiger partial charge in [-0.15, -0.1) is 0 Å². The molecule has 0 radical (unpaired) electrons. The molecule has 0 aromatic heterocycles. The summed E-state index contributed by atoms with van der Waals surface area (Å²) in [6.07, 6.45) is 5.88. The second kappa shape index (κ2) is 9.12. The third kappa shape index (κ3) is 5.04. The highest BCUT2D eigenvalue weighted by molar-refractivity contribution is 6.32. The van der Waals surface area contributed by atoms with Gasteiger partial charge in [0.2, 0.25) is 11.8 Å². The molecule has 1 heterocycles. The second-order valence-electron chi connectivity index (χ2n) is 6.75. The topological polar surface area (TPSA) is 76.7 Å². The Morgan fingerprint density at radius 2 is 1.85 bits per heavy atom. The number of fused-ring (bicyclic) bond motifs is 1. The molecule has 1 aromatic rings. The zero-order valence-electron chi connectivity index (χ0n) is 14.8. The number of carbonyl (C=O) groups excluding carboxylic acids is 2. The zero-order valence-corrected chi connectivity index (χ0v) is 15.6. The Kier molecular flexibility index (Phi) is 6.61. The Morgan fingerprint density at radius 1 is 1.08 bits per heavy atom. The van der Waals surface area contributed by atoms with Crippen molar-refractivity contribution >= 4 is 23.4 Å². The quantitative estimate of drug-likeness (QED) is 0.794. The lowest BCUT2D eigenvalue weighted by Gasteiger charge is -2.21. The number of hydrogen-bond donors (Lipinski definition) is 2. The van der Waals surface area contributed by atoms with Crippen LogP contribution in [0.1, 0.15) is 37.7 Å². The first-order valence-electron chi connectivity index (χ1n) is 9.26. The molecule has 0 saturated heterocycles. The number of halogens is 1. The van der Waals surface area contributed by atoms with E-state index in [2.05, 4.69) is 10.6 Å². The van der Waals surface area contributed by atoms with E-state index in [0.29, 0.717) is 42.7 Å². The molecule has 1 aliphatic carbocycles. The molecule has 3 rings (SSSR count). The van der Waals surface area contributed by atoms with Crippen molar-refractivity contribution in [3.63, 3.8) is 0 Å². The normalized spacial score (nSPS) is 16.8. The first kappa shape index (κ1) is 18.8. The van der Waals surface area contributed by atoms with E-state index in [1.165, 1.54) is 6.42 Å². The van der Waals surface area contributed by atoms with Crippen LogP contribution in [0.2, 0.25) is 5.02 Å². The summed E-state index contributed by atoms with van der Waals surface area (Å²) in [5, 5.41) is 6.08. The van der Waals surface area contributed by atoms with Crippen molar-refractivity contribution in [2.45, 2.75) is 38.5 Å². The SMILES string of the molecule is O=C(CNC(=O)C1CCCCC1)NCCc1cc(Cl)c2c(c1)OCCO2. The smallest absolute Gasteiger partial charge is 0.239 e. The van der Waals surface area contributed by atoms with Crippen LogP contribution in [0, 0.1) is 5.92 Å². The van der Waals surface area contributed by atoms with Gasteiger partial charge in [0.15, 0.2) is 11.5 Å². The summed E-state index contributed by atoms with van der Waals surface area (Å²) < 4.78 is 11.0. The van der Waals surface area contributed by atoms with E-state index in [-0.39, 0.29) is 24.3 Å². The van der Waals surface area contributed by atoms with Crippen LogP contribution in [0.15, 0.2) is 12.1 Å². The standard InChI is InChI=1S/C19H25ClN2O4/c20-15-10-13(11-16-18(15)26-9-8-25-16)6-7-21-17(23)12-22-19(24)14-4-2-1-3-5-14/h10-11,14H,1-9,12H2,(H,21,23)(H,22,24). The number of carbonyl (C=O) groups is 2.